The van der Waals surface area contributed by atoms with E-state index in [1.807, 2.05) is 19.1 Å². The minimum atomic E-state index is 0.550. The molecule has 3 rings (SSSR count). The Morgan fingerprint density at radius 3 is 2.70 bits per heavy atom. The van der Waals surface area contributed by atoms with Crippen molar-refractivity contribution >= 4 is 28.4 Å². The number of nitrogen functional groups attached to an aromatic ring is 1. The van der Waals surface area contributed by atoms with E-state index < -0.39 is 0 Å². The van der Waals surface area contributed by atoms with E-state index in [0.717, 1.165) is 22.3 Å². The number of aromatic nitrogens is 2. The Balaban J connectivity index is 2.36. The van der Waals surface area contributed by atoms with Gasteiger partial charge >= 0.3 is 0 Å². The van der Waals surface area contributed by atoms with Crippen molar-refractivity contribution in [1.29, 1.82) is 0 Å². The second-order valence-electron chi connectivity index (χ2n) is 4.61. The van der Waals surface area contributed by atoms with Crippen molar-refractivity contribution in [2.45, 2.75) is 6.92 Å². The summed E-state index contributed by atoms with van der Waals surface area (Å²) < 4.78 is 12.6. The van der Waals surface area contributed by atoms with Crippen molar-refractivity contribution in [2.24, 2.45) is 7.05 Å². The zero-order valence-corrected chi connectivity index (χ0v) is 12.2. The van der Waals surface area contributed by atoms with Crippen LogP contribution in [0.15, 0.2) is 22.7 Å². The van der Waals surface area contributed by atoms with Gasteiger partial charge in [-0.15, -0.1) is 0 Å². The molecule has 0 amide bonds. The molecule has 0 fully saturated rings. The molecular formula is C14H14ClN3O2. The highest BCUT2D eigenvalue weighted by Crippen LogP contribution is 2.42. The molecule has 0 aliphatic heterocycles. The fraction of sp³-hybridized carbons (Fsp3) is 0.214. The maximum atomic E-state index is 6.49. The zero-order chi connectivity index (χ0) is 14.4. The third kappa shape index (κ3) is 1.74. The number of rotatable bonds is 2. The first-order chi connectivity index (χ1) is 9.52. The van der Waals surface area contributed by atoms with Gasteiger partial charge in [0.05, 0.1) is 18.3 Å². The van der Waals surface area contributed by atoms with Crippen LogP contribution in [0, 0.1) is 6.92 Å². The highest BCUT2D eigenvalue weighted by atomic mass is 35.5. The van der Waals surface area contributed by atoms with Crippen LogP contribution in [0.5, 0.6) is 5.75 Å². The van der Waals surface area contributed by atoms with Crippen molar-refractivity contribution < 1.29 is 9.15 Å². The fourth-order valence-corrected chi connectivity index (χ4v) is 2.56. The van der Waals surface area contributed by atoms with Crippen LogP contribution < -0.4 is 10.5 Å². The third-order valence-electron chi connectivity index (χ3n) is 3.32. The van der Waals surface area contributed by atoms with E-state index in [9.17, 15) is 0 Å². The van der Waals surface area contributed by atoms with Crippen LogP contribution in [-0.4, -0.2) is 16.9 Å². The second-order valence-corrected chi connectivity index (χ2v) is 4.99. The molecule has 3 aromatic rings. The highest BCUT2D eigenvalue weighted by Gasteiger charge is 2.19. The first kappa shape index (κ1) is 12.9. The fourth-order valence-electron chi connectivity index (χ4n) is 2.27. The van der Waals surface area contributed by atoms with Crippen molar-refractivity contribution in [3.05, 3.63) is 29.1 Å². The number of nitrogens with zero attached hydrogens (tertiary/aromatic N) is 2. The first-order valence-electron chi connectivity index (χ1n) is 6.07. The number of nitrogens with two attached hydrogens (primary N) is 1. The Hall–Kier alpha value is -2.14. The van der Waals surface area contributed by atoms with Gasteiger partial charge in [0.2, 0.25) is 0 Å². The zero-order valence-electron chi connectivity index (χ0n) is 11.4. The third-order valence-corrected chi connectivity index (χ3v) is 3.73. The monoisotopic (exact) mass is 291 g/mol. The standard InChI is InChI=1S/C14H14ClN3O2/c1-7-4-9-12(15)8(5-11(19-3)13(9)20-7)10-6-17-18(2)14(10)16/h4-6H,16H2,1-3H3. The van der Waals surface area contributed by atoms with Crippen LogP contribution in [0.2, 0.25) is 5.02 Å². The average Bonchev–Trinajstić information content (AvgIpc) is 2.96. The Kier molecular flexibility index (Phi) is 2.87. The molecule has 0 atom stereocenters. The molecule has 104 valence electrons. The van der Waals surface area contributed by atoms with E-state index in [1.54, 1.807) is 25.0 Å². The average molecular weight is 292 g/mol. The number of furan rings is 1. The molecule has 0 unspecified atom stereocenters. The first-order valence-corrected chi connectivity index (χ1v) is 6.45. The van der Waals surface area contributed by atoms with Crippen LogP contribution in [0.25, 0.3) is 22.1 Å². The number of halogens is 1. The number of aryl methyl sites for hydroxylation is 2. The predicted octanol–water partition coefficient (Wildman–Crippen LogP) is 3.39. The lowest BCUT2D eigenvalue weighted by Gasteiger charge is -2.08. The molecule has 20 heavy (non-hydrogen) atoms. The number of methoxy groups -OCH3 is 1. The molecule has 0 radical (unpaired) electrons. The van der Waals surface area contributed by atoms with Gasteiger partial charge in [-0.2, -0.15) is 5.10 Å². The van der Waals surface area contributed by atoms with Gasteiger partial charge in [0.25, 0.3) is 0 Å². The highest BCUT2D eigenvalue weighted by molar-refractivity contribution is 6.38. The summed E-state index contributed by atoms with van der Waals surface area (Å²) in [7, 11) is 3.38. The normalized spacial score (nSPS) is 11.2. The predicted molar refractivity (Wildman–Crippen MR) is 79.1 cm³/mol. The van der Waals surface area contributed by atoms with Crippen LogP contribution >= 0.6 is 11.6 Å². The number of fused-ring (bicyclic) bond motifs is 1. The Morgan fingerprint density at radius 2 is 2.10 bits per heavy atom. The summed E-state index contributed by atoms with van der Waals surface area (Å²) in [4.78, 5) is 0. The molecule has 6 heteroatoms. The van der Waals surface area contributed by atoms with Crippen LogP contribution in [0.4, 0.5) is 5.82 Å². The quantitative estimate of drug-likeness (QED) is 0.786. The second kappa shape index (κ2) is 4.45. The largest absolute Gasteiger partial charge is 0.493 e. The molecule has 0 bridgehead atoms. The number of ether oxygens (including phenoxy) is 1. The molecule has 2 aromatic heterocycles. The lowest BCUT2D eigenvalue weighted by atomic mass is 10.1. The van der Waals surface area contributed by atoms with Gasteiger partial charge in [0, 0.05) is 23.6 Å². The summed E-state index contributed by atoms with van der Waals surface area (Å²) in [5.74, 6) is 1.95. The molecule has 0 spiro atoms. The van der Waals surface area contributed by atoms with Crippen molar-refractivity contribution in [2.75, 3.05) is 12.8 Å². The van der Waals surface area contributed by atoms with Gasteiger partial charge in [-0.3, -0.25) is 4.68 Å². The molecule has 0 aliphatic rings. The number of hydrogen-bond acceptors (Lipinski definition) is 4. The van der Waals surface area contributed by atoms with Gasteiger partial charge in [-0.1, -0.05) is 11.6 Å². The lowest BCUT2D eigenvalue weighted by molar-refractivity contribution is 0.409. The van der Waals surface area contributed by atoms with Crippen LogP contribution in [0.1, 0.15) is 5.76 Å². The summed E-state index contributed by atoms with van der Waals surface area (Å²) in [6.07, 6.45) is 1.69. The van der Waals surface area contributed by atoms with Crippen molar-refractivity contribution in [1.82, 2.24) is 9.78 Å². The molecule has 0 aliphatic carbocycles. The van der Waals surface area contributed by atoms with Gasteiger partial charge < -0.3 is 14.9 Å². The van der Waals surface area contributed by atoms with Crippen LogP contribution in [-0.2, 0) is 7.05 Å². The number of anilines is 1. The van der Waals surface area contributed by atoms with Crippen molar-refractivity contribution in [3.8, 4) is 16.9 Å². The van der Waals surface area contributed by atoms with E-state index in [4.69, 9.17) is 26.5 Å². The van der Waals surface area contributed by atoms with Gasteiger partial charge in [0.1, 0.15) is 11.6 Å². The maximum absolute atomic E-state index is 6.49. The Bertz CT molecular complexity index is 804. The lowest BCUT2D eigenvalue weighted by Crippen LogP contribution is -1.98. The Labute approximate surface area is 120 Å². The summed E-state index contributed by atoms with van der Waals surface area (Å²) in [6.45, 7) is 1.87. The van der Waals surface area contributed by atoms with E-state index in [0.29, 0.717) is 22.2 Å². The van der Waals surface area contributed by atoms with Gasteiger partial charge in [-0.25, -0.2) is 0 Å². The van der Waals surface area contributed by atoms with E-state index in [-0.39, 0.29) is 0 Å². The molecule has 2 heterocycles. The smallest absolute Gasteiger partial charge is 0.177 e. The molecule has 0 saturated carbocycles. The number of hydrogen-bond donors (Lipinski definition) is 1. The number of benzene rings is 1. The molecule has 1 aromatic carbocycles. The van der Waals surface area contributed by atoms with E-state index in [1.165, 1.54) is 0 Å². The van der Waals surface area contributed by atoms with Crippen LogP contribution in [0.3, 0.4) is 0 Å². The summed E-state index contributed by atoms with van der Waals surface area (Å²) >= 11 is 6.49. The van der Waals surface area contributed by atoms with E-state index in [2.05, 4.69) is 5.10 Å². The van der Waals surface area contributed by atoms with Crippen molar-refractivity contribution in [3.63, 3.8) is 0 Å². The molecular weight excluding hydrogens is 278 g/mol. The summed E-state index contributed by atoms with van der Waals surface area (Å²) in [5, 5.41) is 5.53. The van der Waals surface area contributed by atoms with Gasteiger partial charge in [-0.05, 0) is 19.1 Å². The topological polar surface area (TPSA) is 66.2 Å². The van der Waals surface area contributed by atoms with Gasteiger partial charge in [0.15, 0.2) is 11.3 Å². The SMILES string of the molecule is COc1cc(-c2cnn(C)c2N)c(Cl)c2cc(C)oc12. The summed E-state index contributed by atoms with van der Waals surface area (Å²) in [6, 6.07) is 3.71. The Morgan fingerprint density at radius 1 is 1.35 bits per heavy atom. The maximum Gasteiger partial charge on any atom is 0.177 e. The molecule has 2 N–H and O–H groups in total. The minimum Gasteiger partial charge on any atom is -0.493 e. The molecule has 5 nitrogen and oxygen atoms in total. The molecule has 0 saturated heterocycles. The minimum absolute atomic E-state index is 0.550. The van der Waals surface area contributed by atoms with E-state index >= 15 is 0 Å². The summed E-state index contributed by atoms with van der Waals surface area (Å²) in [5.41, 5.74) is 8.22.